The van der Waals surface area contributed by atoms with Gasteiger partial charge in [0.1, 0.15) is 5.65 Å². The number of hydrogen-bond acceptors (Lipinski definition) is 4. The van der Waals surface area contributed by atoms with E-state index in [4.69, 9.17) is 16.3 Å². The van der Waals surface area contributed by atoms with Gasteiger partial charge in [-0.3, -0.25) is 4.79 Å². The van der Waals surface area contributed by atoms with Crippen molar-refractivity contribution in [2.75, 3.05) is 7.11 Å². The first kappa shape index (κ1) is 21.7. The van der Waals surface area contributed by atoms with Crippen LogP contribution in [-0.2, 0) is 10.2 Å². The smallest absolute Gasteiger partial charge is 0.223 e. The second-order valence-electron chi connectivity index (χ2n) is 9.39. The van der Waals surface area contributed by atoms with Gasteiger partial charge in [-0.1, -0.05) is 37.1 Å². The second-order valence-corrected chi connectivity index (χ2v) is 9.77. The van der Waals surface area contributed by atoms with Crippen LogP contribution < -0.4 is 4.74 Å². The molecule has 0 radical (unpaired) electrons. The first-order valence-corrected chi connectivity index (χ1v) is 11.2. The second kappa shape index (κ2) is 8.20. The fourth-order valence-electron chi connectivity index (χ4n) is 5.36. The van der Waals surface area contributed by atoms with Crippen molar-refractivity contribution in [3.05, 3.63) is 34.6 Å². The van der Waals surface area contributed by atoms with Crippen molar-refractivity contribution < 1.29 is 9.53 Å². The van der Waals surface area contributed by atoms with Gasteiger partial charge in [-0.25, -0.2) is 4.98 Å². The number of methoxy groups -OCH3 is 1. The number of aromatic nitrogens is 2. The molecular formula is C24H29ClN4O2. The van der Waals surface area contributed by atoms with Crippen LogP contribution in [0.4, 0.5) is 0 Å². The number of nitriles is 1. The van der Waals surface area contributed by atoms with Crippen molar-refractivity contribution in [1.82, 2.24) is 14.9 Å². The van der Waals surface area contributed by atoms with Crippen LogP contribution in [0.1, 0.15) is 58.4 Å². The zero-order valence-electron chi connectivity index (χ0n) is 18.5. The minimum Gasteiger partial charge on any atom is -0.494 e. The SMILES string of the molecule is CC=C1CC2CC(C#N)CC(C1)N2C(=O)CC(C)(C)c1c[nH]c2ncc(OC)c(Cl)c12. The Bertz CT molecular complexity index is 1060. The van der Waals surface area contributed by atoms with Crippen molar-refractivity contribution >= 4 is 28.5 Å². The quantitative estimate of drug-likeness (QED) is 0.668. The Morgan fingerprint density at radius 3 is 2.68 bits per heavy atom. The van der Waals surface area contributed by atoms with Gasteiger partial charge in [-0.15, -0.1) is 0 Å². The molecule has 4 rings (SSSR count). The fraction of sp³-hybridized carbons (Fsp3) is 0.542. The van der Waals surface area contributed by atoms with Crippen molar-refractivity contribution in [3.8, 4) is 11.8 Å². The number of carbonyl (C=O) groups excluding carboxylic acids is 1. The maximum absolute atomic E-state index is 13.6. The molecule has 0 saturated carbocycles. The van der Waals surface area contributed by atoms with E-state index in [0.717, 1.165) is 36.6 Å². The molecule has 2 fully saturated rings. The minimum absolute atomic E-state index is 0.0384. The standard InChI is InChI=1S/C24H29ClN4O2/c1-5-14-6-16-8-15(11-26)9-17(7-14)29(16)20(30)10-24(2,3)18-12-27-23-21(18)22(25)19(31-4)13-28-23/h5,12-13,15-17H,6-10H2,1-4H3,(H,27,28). The van der Waals surface area contributed by atoms with Gasteiger partial charge in [0.25, 0.3) is 0 Å². The summed E-state index contributed by atoms with van der Waals surface area (Å²) in [5.41, 5.74) is 2.59. The van der Waals surface area contributed by atoms with Crippen LogP contribution in [0.3, 0.4) is 0 Å². The Labute approximate surface area is 188 Å². The van der Waals surface area contributed by atoms with Crippen LogP contribution in [0.25, 0.3) is 11.0 Å². The Balaban J connectivity index is 1.62. The highest BCUT2D eigenvalue weighted by molar-refractivity contribution is 6.37. The Hall–Kier alpha value is -2.52. The van der Waals surface area contributed by atoms with Gasteiger partial charge in [0.15, 0.2) is 5.75 Å². The summed E-state index contributed by atoms with van der Waals surface area (Å²) in [6.07, 6.45) is 9.30. The lowest BCUT2D eigenvalue weighted by Gasteiger charge is -2.49. The molecule has 2 saturated heterocycles. The summed E-state index contributed by atoms with van der Waals surface area (Å²) in [5.74, 6) is 0.702. The monoisotopic (exact) mass is 440 g/mol. The van der Waals surface area contributed by atoms with Gasteiger partial charge in [-0.05, 0) is 38.2 Å². The highest BCUT2D eigenvalue weighted by Gasteiger charge is 2.43. The molecule has 0 spiro atoms. The van der Waals surface area contributed by atoms with E-state index in [1.807, 2.05) is 6.20 Å². The molecule has 2 unspecified atom stereocenters. The number of piperidine rings is 2. The van der Waals surface area contributed by atoms with Gasteiger partial charge in [-0.2, -0.15) is 5.26 Å². The summed E-state index contributed by atoms with van der Waals surface area (Å²) >= 11 is 6.60. The number of H-pyrrole nitrogens is 1. The predicted octanol–water partition coefficient (Wildman–Crippen LogP) is 5.13. The van der Waals surface area contributed by atoms with Crippen molar-refractivity contribution in [2.45, 2.75) is 70.4 Å². The number of amides is 1. The normalized spacial score (nSPS) is 23.5. The van der Waals surface area contributed by atoms with E-state index < -0.39 is 5.41 Å². The summed E-state index contributed by atoms with van der Waals surface area (Å²) in [4.78, 5) is 23.3. The van der Waals surface area contributed by atoms with E-state index in [1.54, 1.807) is 13.3 Å². The number of allylic oxidation sites excluding steroid dienone is 1. The van der Waals surface area contributed by atoms with E-state index in [0.29, 0.717) is 22.8 Å². The van der Waals surface area contributed by atoms with E-state index >= 15 is 0 Å². The Morgan fingerprint density at radius 2 is 2.10 bits per heavy atom. The highest BCUT2D eigenvalue weighted by Crippen LogP contribution is 2.43. The third-order valence-corrected chi connectivity index (χ3v) is 7.30. The molecule has 2 bridgehead atoms. The number of carbonyl (C=O) groups is 1. The maximum Gasteiger partial charge on any atom is 0.223 e. The minimum atomic E-state index is -0.448. The third-order valence-electron chi connectivity index (χ3n) is 6.92. The number of nitrogens with zero attached hydrogens (tertiary/aromatic N) is 3. The number of hydrogen-bond donors (Lipinski definition) is 1. The summed E-state index contributed by atoms with van der Waals surface area (Å²) in [5, 5.41) is 10.8. The number of rotatable bonds is 4. The zero-order chi connectivity index (χ0) is 22.3. The number of nitrogens with one attached hydrogen (secondary N) is 1. The summed E-state index contributed by atoms with van der Waals surface area (Å²) in [7, 11) is 1.57. The molecule has 2 aromatic heterocycles. The number of fused-ring (bicyclic) bond motifs is 3. The summed E-state index contributed by atoms with van der Waals surface area (Å²) < 4.78 is 5.34. The molecule has 6 nitrogen and oxygen atoms in total. The molecule has 1 amide bonds. The molecule has 4 heterocycles. The van der Waals surface area contributed by atoms with Crippen LogP contribution in [0.5, 0.6) is 5.75 Å². The van der Waals surface area contributed by atoms with Crippen LogP contribution >= 0.6 is 11.6 Å². The molecular weight excluding hydrogens is 412 g/mol. The number of ether oxygens (including phenoxy) is 1. The lowest BCUT2D eigenvalue weighted by molar-refractivity contribution is -0.141. The zero-order valence-corrected chi connectivity index (χ0v) is 19.3. The molecule has 0 aromatic carbocycles. The lowest BCUT2D eigenvalue weighted by atomic mass is 9.75. The van der Waals surface area contributed by atoms with Gasteiger partial charge >= 0.3 is 0 Å². The summed E-state index contributed by atoms with van der Waals surface area (Å²) in [6, 6.07) is 2.66. The van der Waals surface area contributed by atoms with E-state index in [1.165, 1.54) is 5.57 Å². The molecule has 164 valence electrons. The average Bonchev–Trinajstić information content (AvgIpc) is 3.18. The van der Waals surface area contributed by atoms with E-state index in [2.05, 4.69) is 47.8 Å². The van der Waals surface area contributed by atoms with E-state index in [-0.39, 0.29) is 23.9 Å². The van der Waals surface area contributed by atoms with Crippen LogP contribution in [0.2, 0.25) is 5.02 Å². The molecule has 31 heavy (non-hydrogen) atoms. The largest absolute Gasteiger partial charge is 0.494 e. The van der Waals surface area contributed by atoms with Gasteiger partial charge in [0.2, 0.25) is 5.91 Å². The number of aromatic amines is 1. The van der Waals surface area contributed by atoms with Gasteiger partial charge in [0, 0.05) is 35.5 Å². The van der Waals surface area contributed by atoms with Crippen molar-refractivity contribution in [1.29, 1.82) is 5.26 Å². The van der Waals surface area contributed by atoms with Crippen LogP contribution in [0, 0.1) is 17.2 Å². The molecule has 1 N–H and O–H groups in total. The number of halogens is 1. The third kappa shape index (κ3) is 3.80. The fourth-order valence-corrected chi connectivity index (χ4v) is 5.68. The first-order valence-electron chi connectivity index (χ1n) is 10.8. The molecule has 7 heteroatoms. The topological polar surface area (TPSA) is 82.0 Å². The van der Waals surface area contributed by atoms with Gasteiger partial charge in [0.05, 0.1) is 30.3 Å². The van der Waals surface area contributed by atoms with E-state index in [9.17, 15) is 10.1 Å². The molecule has 2 aromatic rings. The molecule has 2 aliphatic heterocycles. The lowest BCUT2D eigenvalue weighted by Crippen LogP contribution is -2.55. The highest BCUT2D eigenvalue weighted by atomic mass is 35.5. The van der Waals surface area contributed by atoms with Crippen LogP contribution in [-0.4, -0.2) is 40.0 Å². The molecule has 2 aliphatic rings. The summed E-state index contributed by atoms with van der Waals surface area (Å²) in [6.45, 7) is 6.20. The van der Waals surface area contributed by atoms with Crippen molar-refractivity contribution in [2.24, 2.45) is 5.92 Å². The maximum atomic E-state index is 13.6. The molecule has 0 aliphatic carbocycles. The Kier molecular flexibility index (Phi) is 5.74. The Morgan fingerprint density at radius 1 is 1.42 bits per heavy atom. The van der Waals surface area contributed by atoms with Gasteiger partial charge < -0.3 is 14.6 Å². The van der Waals surface area contributed by atoms with Crippen molar-refractivity contribution in [3.63, 3.8) is 0 Å². The first-order chi connectivity index (χ1) is 14.8. The average molecular weight is 441 g/mol. The molecule has 2 atom stereocenters. The number of pyridine rings is 1. The van der Waals surface area contributed by atoms with Crippen LogP contribution in [0.15, 0.2) is 24.0 Å². The predicted molar refractivity (Wildman–Crippen MR) is 121 cm³/mol.